The first-order valence-corrected chi connectivity index (χ1v) is 14.5. The molecule has 2 spiro atoms. The number of carbonyl (C=O) groups is 2. The van der Waals surface area contributed by atoms with E-state index in [1.807, 2.05) is 24.5 Å². The number of nitrogens with two attached hydrogens (primary N) is 1. The summed E-state index contributed by atoms with van der Waals surface area (Å²) in [6.45, 7) is 2.11. The molecule has 6 rings (SSSR count). The van der Waals surface area contributed by atoms with Crippen molar-refractivity contribution in [2.24, 2.45) is 11.1 Å². The first kappa shape index (κ1) is 25.6. The monoisotopic (exact) mass is 516 g/mol. The number of hydrogen-bond acceptors (Lipinski definition) is 7. The third kappa shape index (κ3) is 4.58. The van der Waals surface area contributed by atoms with Gasteiger partial charge in [-0.05, 0) is 75.1 Å². The van der Waals surface area contributed by atoms with Gasteiger partial charge in [-0.25, -0.2) is 4.98 Å². The number of aromatic nitrogens is 2. The molecular weight excluding hydrogens is 476 g/mol. The fourth-order valence-corrected chi connectivity index (χ4v) is 7.98. The van der Waals surface area contributed by atoms with Gasteiger partial charge in [-0.1, -0.05) is 25.0 Å². The highest BCUT2D eigenvalue weighted by Crippen LogP contribution is 2.50. The van der Waals surface area contributed by atoms with Crippen molar-refractivity contribution in [3.8, 4) is 0 Å². The van der Waals surface area contributed by atoms with Crippen molar-refractivity contribution in [2.45, 2.75) is 94.1 Å². The highest BCUT2D eigenvalue weighted by Gasteiger charge is 2.51. The maximum atomic E-state index is 12.6. The maximum Gasteiger partial charge on any atom is 0.146 e. The van der Waals surface area contributed by atoms with E-state index in [0.29, 0.717) is 38.8 Å². The Morgan fingerprint density at radius 3 is 2.37 bits per heavy atom. The fourth-order valence-electron chi connectivity index (χ4n) is 7.98. The van der Waals surface area contributed by atoms with Crippen LogP contribution in [0, 0.1) is 5.41 Å². The maximum absolute atomic E-state index is 12.6. The molecule has 0 aromatic carbocycles. The number of hydrogen-bond donors (Lipinski definition) is 1. The fraction of sp³-hybridized carbons (Fsp3) is 0.613. The van der Waals surface area contributed by atoms with E-state index in [9.17, 15) is 9.59 Å². The molecule has 2 saturated heterocycles. The minimum Gasteiger partial charge on any atom is -0.375 e. The quantitative estimate of drug-likeness (QED) is 0.571. The zero-order valence-corrected chi connectivity index (χ0v) is 22.4. The molecule has 2 saturated carbocycles. The van der Waals surface area contributed by atoms with Gasteiger partial charge < -0.3 is 15.4 Å². The predicted octanol–water partition coefficient (Wildman–Crippen LogP) is 4.32. The van der Waals surface area contributed by atoms with Crippen LogP contribution in [-0.4, -0.2) is 52.9 Å². The summed E-state index contributed by atoms with van der Waals surface area (Å²) in [5.74, 6) is 1.23. The van der Waals surface area contributed by atoms with Gasteiger partial charge in [0.25, 0.3) is 0 Å². The Balaban J connectivity index is 1.20. The van der Waals surface area contributed by atoms with Crippen LogP contribution in [0.25, 0.3) is 0 Å². The van der Waals surface area contributed by atoms with E-state index in [2.05, 4.69) is 23.1 Å². The number of rotatable bonds is 6. The predicted molar refractivity (Wildman–Crippen MR) is 146 cm³/mol. The minimum atomic E-state index is -0.740. The number of ether oxygens (including phenoxy) is 1. The average molecular weight is 517 g/mol. The zero-order chi connectivity index (χ0) is 26.2. The lowest BCUT2D eigenvalue weighted by molar-refractivity contribution is -0.136. The summed E-state index contributed by atoms with van der Waals surface area (Å²) >= 11 is 0. The molecule has 4 fully saturated rings. The Morgan fingerprint density at radius 2 is 1.66 bits per heavy atom. The third-order valence-corrected chi connectivity index (χ3v) is 9.94. The number of pyridine rings is 2. The first-order chi connectivity index (χ1) is 18.4. The average Bonchev–Trinajstić information content (AvgIpc) is 3.49. The van der Waals surface area contributed by atoms with Gasteiger partial charge >= 0.3 is 0 Å². The molecule has 0 bridgehead atoms. The molecule has 2 N–H and O–H groups in total. The molecule has 7 nitrogen and oxygen atoms in total. The Hall–Kier alpha value is -2.64. The van der Waals surface area contributed by atoms with E-state index < -0.39 is 5.41 Å². The van der Waals surface area contributed by atoms with Crippen molar-refractivity contribution in [1.29, 1.82) is 0 Å². The van der Waals surface area contributed by atoms with Crippen molar-refractivity contribution >= 4 is 17.4 Å². The molecule has 2 aliphatic heterocycles. The molecule has 202 valence electrons. The van der Waals surface area contributed by atoms with E-state index >= 15 is 0 Å². The number of piperidine rings is 1. The number of anilines is 1. The lowest BCUT2D eigenvalue weighted by atomic mass is 9.66. The second kappa shape index (κ2) is 10.2. The van der Waals surface area contributed by atoms with Crippen LogP contribution >= 0.6 is 0 Å². The molecule has 7 heteroatoms. The van der Waals surface area contributed by atoms with Crippen molar-refractivity contribution in [1.82, 2.24) is 9.97 Å². The third-order valence-electron chi connectivity index (χ3n) is 9.94. The zero-order valence-electron chi connectivity index (χ0n) is 22.4. The molecule has 0 radical (unpaired) electrons. The Labute approximate surface area is 225 Å². The van der Waals surface area contributed by atoms with Crippen LogP contribution in [0.3, 0.4) is 0 Å². The van der Waals surface area contributed by atoms with Gasteiger partial charge in [-0.2, -0.15) is 0 Å². The van der Waals surface area contributed by atoms with E-state index in [0.717, 1.165) is 62.2 Å². The van der Waals surface area contributed by atoms with Crippen LogP contribution in [-0.2, 0) is 26.2 Å². The summed E-state index contributed by atoms with van der Waals surface area (Å²) in [7, 11) is 0. The highest BCUT2D eigenvalue weighted by molar-refractivity contribution is 6.13. The van der Waals surface area contributed by atoms with Gasteiger partial charge in [0.2, 0.25) is 0 Å². The van der Waals surface area contributed by atoms with E-state index in [-0.39, 0.29) is 28.6 Å². The Bertz CT molecular complexity index is 1150. The largest absolute Gasteiger partial charge is 0.375 e. The van der Waals surface area contributed by atoms with Crippen molar-refractivity contribution < 1.29 is 14.3 Å². The number of Topliss-reactive ketones (excluding diaryl/α,β-unsaturated/α-hetero) is 2. The van der Waals surface area contributed by atoms with Gasteiger partial charge in [-0.3, -0.25) is 14.6 Å². The summed E-state index contributed by atoms with van der Waals surface area (Å²) in [4.78, 5) is 37.0. The molecule has 0 amide bonds. The lowest BCUT2D eigenvalue weighted by Gasteiger charge is -2.47. The molecule has 38 heavy (non-hydrogen) atoms. The second-order valence-electron chi connectivity index (χ2n) is 12.2. The molecule has 2 aliphatic carbocycles. The molecule has 2 aromatic heterocycles. The van der Waals surface area contributed by atoms with Gasteiger partial charge in [0.05, 0.1) is 11.0 Å². The summed E-state index contributed by atoms with van der Waals surface area (Å²) in [6, 6.07) is 10.3. The molecule has 2 unspecified atom stereocenters. The normalized spacial score (nSPS) is 27.3. The van der Waals surface area contributed by atoms with Gasteiger partial charge in [0, 0.05) is 62.1 Å². The Morgan fingerprint density at radius 1 is 0.921 bits per heavy atom. The molecular formula is C31H40N4O3. The summed E-state index contributed by atoms with van der Waals surface area (Å²) in [6.07, 6.45) is 14.0. The molecule has 4 aliphatic rings. The summed E-state index contributed by atoms with van der Waals surface area (Å²) in [5, 5.41) is 0. The summed E-state index contributed by atoms with van der Waals surface area (Å²) < 4.78 is 6.42. The second-order valence-corrected chi connectivity index (χ2v) is 12.2. The Kier molecular flexibility index (Phi) is 6.85. The van der Waals surface area contributed by atoms with Crippen LogP contribution < -0.4 is 10.6 Å². The van der Waals surface area contributed by atoms with E-state index in [1.165, 1.54) is 12.8 Å². The van der Waals surface area contributed by atoms with Gasteiger partial charge in [0.15, 0.2) is 0 Å². The standard InChI is InChI=1S/C31H40N4O3/c32-24(21-29(25-7-1-4-15-33-25)14-19-38-30(22-29)10-2-3-11-30)20-23-6-5-16-34-28(23)35-17-12-31(13-18-35)26(36)8-9-27(31)37/h1,4-7,15-16,24H,2-3,8-14,17-22,32H2. The number of carbonyl (C=O) groups excluding carboxylic acids is 2. The first-order valence-electron chi connectivity index (χ1n) is 14.5. The van der Waals surface area contributed by atoms with E-state index in [4.69, 9.17) is 20.4 Å². The lowest BCUT2D eigenvalue weighted by Crippen LogP contribution is -2.49. The minimum absolute atomic E-state index is 0.0339. The van der Waals surface area contributed by atoms with Crippen LogP contribution in [0.1, 0.15) is 81.9 Å². The van der Waals surface area contributed by atoms with Crippen LogP contribution in [0.4, 0.5) is 5.82 Å². The van der Waals surface area contributed by atoms with Crippen LogP contribution in [0.15, 0.2) is 42.7 Å². The topological polar surface area (TPSA) is 98.4 Å². The SMILES string of the molecule is NC(Cc1cccnc1N1CCC2(CC1)C(=O)CCC2=O)CC1(c2ccccn2)CCOC2(CCCC2)C1. The summed E-state index contributed by atoms with van der Waals surface area (Å²) in [5.41, 5.74) is 8.39. The van der Waals surface area contributed by atoms with Gasteiger partial charge in [-0.15, -0.1) is 0 Å². The highest BCUT2D eigenvalue weighted by atomic mass is 16.5. The molecule has 2 atom stereocenters. The van der Waals surface area contributed by atoms with Crippen LogP contribution in [0.2, 0.25) is 0 Å². The van der Waals surface area contributed by atoms with Gasteiger partial charge in [0.1, 0.15) is 17.4 Å². The number of ketones is 2. The van der Waals surface area contributed by atoms with Crippen molar-refractivity contribution in [3.05, 3.63) is 54.0 Å². The molecule has 2 aromatic rings. The number of nitrogens with zero attached hydrogens (tertiary/aromatic N) is 3. The van der Waals surface area contributed by atoms with Crippen molar-refractivity contribution in [3.63, 3.8) is 0 Å². The molecule has 4 heterocycles. The van der Waals surface area contributed by atoms with Crippen molar-refractivity contribution in [2.75, 3.05) is 24.6 Å². The van der Waals surface area contributed by atoms with Crippen LogP contribution in [0.5, 0.6) is 0 Å². The van der Waals surface area contributed by atoms with E-state index in [1.54, 1.807) is 0 Å². The smallest absolute Gasteiger partial charge is 0.146 e.